The minimum atomic E-state index is -0.555. The van der Waals surface area contributed by atoms with Gasteiger partial charge in [0.05, 0.1) is 12.6 Å². The molecule has 1 saturated heterocycles. The van der Waals surface area contributed by atoms with Crippen LogP contribution < -0.4 is 5.32 Å². The smallest absolute Gasteiger partial charge is 0.246 e. The molecule has 6 unspecified atom stereocenters. The predicted octanol–water partition coefficient (Wildman–Crippen LogP) is 1.98. The van der Waals surface area contributed by atoms with E-state index >= 15 is 0 Å². The van der Waals surface area contributed by atoms with Gasteiger partial charge in [-0.15, -0.1) is 23.2 Å². The van der Waals surface area contributed by atoms with Crippen LogP contribution in [0, 0.1) is 11.8 Å². The van der Waals surface area contributed by atoms with E-state index in [2.05, 4.69) is 11.9 Å². The second-order valence-electron chi connectivity index (χ2n) is 8.58. The fraction of sp³-hybridized carbons (Fsp3) is 0.810. The van der Waals surface area contributed by atoms with Crippen molar-refractivity contribution in [2.75, 3.05) is 32.7 Å². The summed E-state index contributed by atoms with van der Waals surface area (Å²) in [6.07, 6.45) is 6.52. The van der Waals surface area contributed by atoms with Gasteiger partial charge in [-0.1, -0.05) is 19.4 Å². The van der Waals surface area contributed by atoms with E-state index in [9.17, 15) is 14.7 Å². The lowest BCUT2D eigenvalue weighted by Gasteiger charge is -2.43. The Morgan fingerprint density at radius 1 is 1.00 bits per heavy atom. The number of hydrogen-bond acceptors (Lipinski definition) is 4. The fourth-order valence-electron chi connectivity index (χ4n) is 5.06. The van der Waals surface area contributed by atoms with Crippen LogP contribution in [-0.4, -0.2) is 82.3 Å². The van der Waals surface area contributed by atoms with Crippen molar-refractivity contribution in [3.05, 3.63) is 12.7 Å². The predicted molar refractivity (Wildman–Crippen MR) is 115 cm³/mol. The number of alkyl halides is 2. The number of nitrogens with zero attached hydrogens (tertiary/aromatic N) is 2. The van der Waals surface area contributed by atoms with Gasteiger partial charge in [0, 0.05) is 43.0 Å². The van der Waals surface area contributed by atoms with Crippen LogP contribution in [0.4, 0.5) is 0 Å². The van der Waals surface area contributed by atoms with Crippen LogP contribution in [0.5, 0.6) is 0 Å². The average Bonchev–Trinajstić information content (AvgIpc) is 2.73. The molecule has 0 radical (unpaired) electrons. The summed E-state index contributed by atoms with van der Waals surface area (Å²) in [6, 6.07) is -0.145. The number of carbonyl (C=O) groups excluding carboxylic acids is 2. The molecule has 6 atom stereocenters. The lowest BCUT2D eigenvalue weighted by Crippen LogP contribution is -2.55. The first-order valence-electron chi connectivity index (χ1n) is 10.8. The largest absolute Gasteiger partial charge is 0.391 e. The number of aliphatic hydroxyl groups excluding tert-OH is 1. The Kier molecular flexibility index (Phi) is 8.25. The number of amides is 2. The lowest BCUT2D eigenvalue weighted by atomic mass is 9.71. The first kappa shape index (κ1) is 22.9. The maximum Gasteiger partial charge on any atom is 0.246 e. The van der Waals surface area contributed by atoms with Crippen LogP contribution in [0.25, 0.3) is 0 Å². The average molecular weight is 446 g/mol. The molecule has 2 aliphatic carbocycles. The Balaban J connectivity index is 1.49. The van der Waals surface area contributed by atoms with Crippen LogP contribution >= 0.6 is 23.2 Å². The number of halogens is 2. The van der Waals surface area contributed by atoms with Gasteiger partial charge in [0.25, 0.3) is 0 Å². The normalized spacial score (nSPS) is 36.0. The van der Waals surface area contributed by atoms with Crippen LogP contribution in [0.2, 0.25) is 0 Å². The van der Waals surface area contributed by atoms with Gasteiger partial charge >= 0.3 is 0 Å². The second-order valence-corrected chi connectivity index (χ2v) is 9.70. The summed E-state index contributed by atoms with van der Waals surface area (Å²) in [5.41, 5.74) is 0. The second kappa shape index (κ2) is 10.5. The maximum atomic E-state index is 12.6. The summed E-state index contributed by atoms with van der Waals surface area (Å²) in [7, 11) is 0. The van der Waals surface area contributed by atoms with Gasteiger partial charge in [0.2, 0.25) is 11.8 Å². The first-order valence-corrected chi connectivity index (χ1v) is 11.7. The van der Waals surface area contributed by atoms with E-state index in [1.807, 2.05) is 0 Å². The van der Waals surface area contributed by atoms with Crippen molar-refractivity contribution in [1.82, 2.24) is 15.1 Å². The Hall–Kier alpha value is -0.820. The molecule has 3 aliphatic rings. The van der Waals surface area contributed by atoms with Crippen LogP contribution in [0.3, 0.4) is 0 Å². The Bertz CT molecular complexity index is 598. The quantitative estimate of drug-likeness (QED) is 0.501. The van der Waals surface area contributed by atoms with Gasteiger partial charge < -0.3 is 20.2 Å². The molecule has 2 saturated carbocycles. The fourth-order valence-corrected chi connectivity index (χ4v) is 6.00. The highest BCUT2D eigenvalue weighted by Crippen LogP contribution is 2.42. The monoisotopic (exact) mass is 445 g/mol. The number of hydrogen-bond donors (Lipinski definition) is 2. The van der Waals surface area contributed by atoms with Crippen LogP contribution in [-0.2, 0) is 9.59 Å². The van der Waals surface area contributed by atoms with Gasteiger partial charge in [0.15, 0.2) is 0 Å². The summed E-state index contributed by atoms with van der Waals surface area (Å²) in [5, 5.41) is 13.9. The number of nitrogens with one attached hydrogen (secondary N) is 1. The SMILES string of the molecule is C=CC(=O)N1CCN(C(=O)CNC2CC(C3CCCCC3Cl)C(Cl)CC2O)CC1. The molecule has 2 N–H and O–H groups in total. The van der Waals surface area contributed by atoms with Crippen LogP contribution in [0.1, 0.15) is 38.5 Å². The summed E-state index contributed by atoms with van der Waals surface area (Å²) in [4.78, 5) is 27.7. The molecule has 29 heavy (non-hydrogen) atoms. The molecule has 2 amide bonds. The maximum absolute atomic E-state index is 12.6. The topological polar surface area (TPSA) is 72.9 Å². The van der Waals surface area contributed by atoms with E-state index in [1.54, 1.807) is 9.80 Å². The Morgan fingerprint density at radius 3 is 2.31 bits per heavy atom. The molecular weight excluding hydrogens is 413 g/mol. The third-order valence-electron chi connectivity index (χ3n) is 6.84. The zero-order valence-electron chi connectivity index (χ0n) is 16.9. The highest BCUT2D eigenvalue weighted by molar-refractivity contribution is 6.22. The summed E-state index contributed by atoms with van der Waals surface area (Å²) < 4.78 is 0. The minimum absolute atomic E-state index is 0.000310. The van der Waals surface area contributed by atoms with Gasteiger partial charge in [-0.25, -0.2) is 0 Å². The summed E-state index contributed by atoms with van der Waals surface area (Å²) >= 11 is 13.2. The number of aliphatic hydroxyl groups is 1. The molecular formula is C21H33Cl2N3O3. The molecule has 1 heterocycles. The van der Waals surface area contributed by atoms with Crippen molar-refractivity contribution in [3.63, 3.8) is 0 Å². The van der Waals surface area contributed by atoms with Gasteiger partial charge in [0.1, 0.15) is 0 Å². The van der Waals surface area contributed by atoms with E-state index in [-0.39, 0.29) is 41.1 Å². The lowest BCUT2D eigenvalue weighted by molar-refractivity contribution is -0.136. The van der Waals surface area contributed by atoms with Gasteiger partial charge in [-0.2, -0.15) is 0 Å². The molecule has 0 aromatic carbocycles. The standard InChI is InChI=1S/C21H33Cl2N3O3/c1-2-20(28)25-7-9-26(10-8-25)21(29)13-24-18-11-15(17(23)12-19(18)27)14-5-3-4-6-16(14)22/h2,14-19,24,27H,1,3-13H2. The van der Waals surface area contributed by atoms with Crippen molar-refractivity contribution in [2.45, 2.75) is 61.4 Å². The van der Waals surface area contributed by atoms with Crippen molar-refractivity contribution in [3.8, 4) is 0 Å². The number of carbonyl (C=O) groups is 2. The van der Waals surface area contributed by atoms with Crippen molar-refractivity contribution >= 4 is 35.0 Å². The molecule has 0 spiro atoms. The number of piperazine rings is 1. The molecule has 8 heteroatoms. The van der Waals surface area contributed by atoms with E-state index < -0.39 is 6.10 Å². The molecule has 6 nitrogen and oxygen atoms in total. The van der Waals surface area contributed by atoms with E-state index in [0.717, 1.165) is 19.3 Å². The molecule has 3 rings (SSSR count). The highest BCUT2D eigenvalue weighted by Gasteiger charge is 2.42. The van der Waals surface area contributed by atoms with Crippen molar-refractivity contribution in [1.29, 1.82) is 0 Å². The summed E-state index contributed by atoms with van der Waals surface area (Å²) in [6.45, 7) is 5.79. The minimum Gasteiger partial charge on any atom is -0.391 e. The third kappa shape index (κ3) is 5.66. The third-order valence-corrected chi connectivity index (χ3v) is 7.88. The molecule has 164 valence electrons. The van der Waals surface area contributed by atoms with Crippen LogP contribution in [0.15, 0.2) is 12.7 Å². The molecule has 0 bridgehead atoms. The highest BCUT2D eigenvalue weighted by atomic mass is 35.5. The summed E-state index contributed by atoms with van der Waals surface area (Å²) in [5.74, 6) is 0.558. The number of rotatable bonds is 5. The Labute approximate surface area is 183 Å². The van der Waals surface area contributed by atoms with E-state index in [1.165, 1.54) is 18.9 Å². The van der Waals surface area contributed by atoms with Crippen molar-refractivity contribution < 1.29 is 14.7 Å². The van der Waals surface area contributed by atoms with E-state index in [4.69, 9.17) is 23.2 Å². The molecule has 0 aromatic rings. The van der Waals surface area contributed by atoms with Crippen molar-refractivity contribution in [2.24, 2.45) is 11.8 Å². The molecule has 0 aromatic heterocycles. The van der Waals surface area contributed by atoms with E-state index in [0.29, 0.717) is 38.5 Å². The Morgan fingerprint density at radius 2 is 1.66 bits per heavy atom. The van der Waals surface area contributed by atoms with Gasteiger partial charge in [-0.3, -0.25) is 9.59 Å². The zero-order valence-corrected chi connectivity index (χ0v) is 18.5. The zero-order chi connectivity index (χ0) is 21.0. The molecule has 3 fully saturated rings. The first-order chi connectivity index (χ1) is 13.9. The molecule has 1 aliphatic heterocycles. The van der Waals surface area contributed by atoms with Gasteiger partial charge in [-0.05, 0) is 43.6 Å².